The number of ether oxygens (including phenoxy) is 2. The van der Waals surface area contributed by atoms with Gasteiger partial charge in [0.05, 0.1) is 0 Å². The summed E-state index contributed by atoms with van der Waals surface area (Å²) in [5.41, 5.74) is 8.14. The second-order valence-corrected chi connectivity index (χ2v) is 6.32. The molecule has 0 radical (unpaired) electrons. The van der Waals surface area contributed by atoms with Gasteiger partial charge in [-0.25, -0.2) is 0 Å². The maximum atomic E-state index is 12.0. The summed E-state index contributed by atoms with van der Waals surface area (Å²) in [6, 6.07) is 0. The number of unbranched alkanes of at least 4 members (excludes halogenated alkanes) is 6. The Morgan fingerprint density at radius 1 is 1.04 bits per heavy atom. The Balaban J connectivity index is 0.00000576. The van der Waals surface area contributed by atoms with Gasteiger partial charge in [-0.3, -0.25) is 14.4 Å². The van der Waals surface area contributed by atoms with Crippen molar-refractivity contribution in [3.63, 3.8) is 0 Å². The van der Waals surface area contributed by atoms with Crippen molar-refractivity contribution in [3.8, 4) is 0 Å². The predicted molar refractivity (Wildman–Crippen MR) is 92.4 cm³/mol. The maximum Gasteiger partial charge on any atom is 0.331 e. The first-order valence-electron chi connectivity index (χ1n) is 8.36. The van der Waals surface area contributed by atoms with Crippen LogP contribution in [0.3, 0.4) is 0 Å². The molecular formula is C17H29N3O5. The molecule has 0 aliphatic carbocycles. The van der Waals surface area contributed by atoms with E-state index < -0.39 is 29.4 Å². The van der Waals surface area contributed by atoms with Gasteiger partial charge in [0, 0.05) is 31.7 Å². The SMILES string of the molecule is C.CC1(C)OC(=O)C(C(=O)CCCCCCCCCN=[N+]=[N-])C(=O)O1. The quantitative estimate of drug-likeness (QED) is 0.138. The summed E-state index contributed by atoms with van der Waals surface area (Å²) < 4.78 is 9.89. The molecule has 142 valence electrons. The Hall–Kier alpha value is -2.08. The average Bonchev–Trinajstić information content (AvgIpc) is 2.47. The molecule has 0 atom stereocenters. The highest BCUT2D eigenvalue weighted by Crippen LogP contribution is 2.24. The molecular weight excluding hydrogens is 326 g/mol. The van der Waals surface area contributed by atoms with Crippen molar-refractivity contribution in [2.24, 2.45) is 11.0 Å². The Kier molecular flexibility index (Phi) is 10.5. The van der Waals surface area contributed by atoms with Crippen LogP contribution in [-0.2, 0) is 23.9 Å². The van der Waals surface area contributed by atoms with Crippen LogP contribution >= 0.6 is 0 Å². The lowest BCUT2D eigenvalue weighted by molar-refractivity contribution is -0.238. The van der Waals surface area contributed by atoms with Crippen molar-refractivity contribution in [1.29, 1.82) is 0 Å². The largest absolute Gasteiger partial charge is 0.422 e. The van der Waals surface area contributed by atoms with E-state index in [1.165, 1.54) is 13.8 Å². The summed E-state index contributed by atoms with van der Waals surface area (Å²) in [5.74, 6) is -4.81. The summed E-state index contributed by atoms with van der Waals surface area (Å²) in [5, 5.41) is 3.47. The second-order valence-electron chi connectivity index (χ2n) is 6.32. The minimum Gasteiger partial charge on any atom is -0.422 e. The van der Waals surface area contributed by atoms with Gasteiger partial charge in [0.2, 0.25) is 5.92 Å². The number of ketones is 1. The van der Waals surface area contributed by atoms with E-state index in [1.54, 1.807) is 0 Å². The summed E-state index contributed by atoms with van der Waals surface area (Å²) in [6.07, 6.45) is 6.69. The molecule has 1 aliphatic heterocycles. The van der Waals surface area contributed by atoms with Crippen LogP contribution in [0.1, 0.15) is 72.6 Å². The summed E-state index contributed by atoms with van der Waals surface area (Å²) >= 11 is 0. The fourth-order valence-electron chi connectivity index (χ4n) is 2.54. The summed E-state index contributed by atoms with van der Waals surface area (Å²) in [6.45, 7) is 3.45. The molecule has 0 aromatic carbocycles. The Morgan fingerprint density at radius 3 is 2.04 bits per heavy atom. The number of carbonyl (C=O) groups is 3. The first-order valence-corrected chi connectivity index (χ1v) is 8.36. The van der Waals surface area contributed by atoms with Crippen LogP contribution in [0, 0.1) is 5.92 Å². The van der Waals surface area contributed by atoms with Crippen LogP contribution < -0.4 is 0 Å². The zero-order valence-electron chi connectivity index (χ0n) is 14.3. The second kappa shape index (κ2) is 11.5. The Morgan fingerprint density at radius 2 is 1.52 bits per heavy atom. The van der Waals surface area contributed by atoms with Crippen LogP contribution in [0.25, 0.3) is 10.4 Å². The molecule has 0 spiro atoms. The molecule has 0 aromatic rings. The monoisotopic (exact) mass is 355 g/mol. The number of carbonyl (C=O) groups excluding carboxylic acids is 3. The third-order valence-corrected chi connectivity index (χ3v) is 3.73. The molecule has 0 amide bonds. The smallest absolute Gasteiger partial charge is 0.331 e. The van der Waals surface area contributed by atoms with Gasteiger partial charge in [-0.2, -0.15) is 0 Å². The molecule has 0 N–H and O–H groups in total. The van der Waals surface area contributed by atoms with Crippen LogP contribution in [-0.4, -0.2) is 30.1 Å². The van der Waals surface area contributed by atoms with Crippen LogP contribution in [0.4, 0.5) is 0 Å². The molecule has 25 heavy (non-hydrogen) atoms. The molecule has 1 fully saturated rings. The van der Waals surface area contributed by atoms with Gasteiger partial charge in [-0.15, -0.1) is 0 Å². The molecule has 0 aromatic heterocycles. The molecule has 0 unspecified atom stereocenters. The normalized spacial score (nSPS) is 16.2. The zero-order chi connectivity index (χ0) is 18.0. The molecule has 8 heteroatoms. The van der Waals surface area contributed by atoms with Crippen LogP contribution in [0.15, 0.2) is 5.11 Å². The fourth-order valence-corrected chi connectivity index (χ4v) is 2.54. The third-order valence-electron chi connectivity index (χ3n) is 3.73. The minimum atomic E-state index is -1.43. The van der Waals surface area contributed by atoms with Gasteiger partial charge in [-0.05, 0) is 18.4 Å². The summed E-state index contributed by atoms with van der Waals surface area (Å²) in [7, 11) is 0. The molecule has 8 nitrogen and oxygen atoms in total. The van der Waals surface area contributed by atoms with E-state index in [9.17, 15) is 14.4 Å². The molecule has 1 saturated heterocycles. The van der Waals surface area contributed by atoms with Gasteiger partial charge in [0.25, 0.3) is 5.79 Å². The number of rotatable bonds is 11. The number of hydrogen-bond acceptors (Lipinski definition) is 6. The number of hydrogen-bond donors (Lipinski definition) is 0. The Labute approximate surface area is 148 Å². The van der Waals surface area contributed by atoms with Crippen molar-refractivity contribution in [2.45, 2.75) is 78.4 Å². The maximum absolute atomic E-state index is 12.0. The van der Waals surface area contributed by atoms with Crippen molar-refractivity contribution in [1.82, 2.24) is 0 Å². The Bertz CT molecular complexity index is 492. The molecule has 1 rings (SSSR count). The standard InChI is InChI=1S/C16H25N3O5.CH4/c1-16(2)23-14(21)13(15(22)24-16)12(20)10-8-6-4-3-5-7-9-11-18-19-17;/h13H,3-11H2,1-2H3;1H4. The van der Waals surface area contributed by atoms with Gasteiger partial charge < -0.3 is 9.47 Å². The number of esters is 2. The molecule has 1 aliphatic rings. The highest BCUT2D eigenvalue weighted by Gasteiger charge is 2.46. The summed E-state index contributed by atoms with van der Waals surface area (Å²) in [4.78, 5) is 38.3. The van der Waals surface area contributed by atoms with Gasteiger partial charge in [0.1, 0.15) is 0 Å². The van der Waals surface area contributed by atoms with Crippen molar-refractivity contribution in [2.75, 3.05) is 6.54 Å². The minimum absolute atomic E-state index is 0. The molecule has 1 heterocycles. The van der Waals surface area contributed by atoms with Crippen LogP contribution in [0.5, 0.6) is 0 Å². The number of azide groups is 1. The third kappa shape index (κ3) is 8.54. The lowest BCUT2D eigenvalue weighted by Gasteiger charge is -2.32. The fraction of sp³-hybridized carbons (Fsp3) is 0.824. The number of nitrogens with zero attached hydrogens (tertiary/aromatic N) is 3. The lowest BCUT2D eigenvalue weighted by atomic mass is 9.97. The van der Waals surface area contributed by atoms with E-state index in [0.717, 1.165) is 38.5 Å². The first kappa shape index (κ1) is 22.9. The first-order chi connectivity index (χ1) is 11.4. The molecule has 0 bridgehead atoms. The van der Waals surface area contributed by atoms with E-state index in [4.69, 9.17) is 15.0 Å². The highest BCUT2D eigenvalue weighted by atomic mass is 16.7. The van der Waals surface area contributed by atoms with E-state index in [2.05, 4.69) is 10.0 Å². The highest BCUT2D eigenvalue weighted by molar-refractivity contribution is 6.15. The number of cyclic esters (lactones) is 2. The topological polar surface area (TPSA) is 118 Å². The molecule has 0 saturated carbocycles. The number of Topliss-reactive ketones (excluding diaryl/α,β-unsaturated/α-hetero) is 1. The van der Waals surface area contributed by atoms with Gasteiger partial charge in [0.15, 0.2) is 5.78 Å². The predicted octanol–water partition coefficient (Wildman–Crippen LogP) is 4.08. The van der Waals surface area contributed by atoms with Crippen molar-refractivity contribution >= 4 is 17.7 Å². The van der Waals surface area contributed by atoms with Crippen molar-refractivity contribution in [3.05, 3.63) is 10.4 Å². The van der Waals surface area contributed by atoms with Crippen molar-refractivity contribution < 1.29 is 23.9 Å². The van der Waals surface area contributed by atoms with E-state index in [1.807, 2.05) is 0 Å². The van der Waals surface area contributed by atoms with Crippen LogP contribution in [0.2, 0.25) is 0 Å². The van der Waals surface area contributed by atoms with Gasteiger partial charge in [-0.1, -0.05) is 44.6 Å². The van der Waals surface area contributed by atoms with E-state index >= 15 is 0 Å². The van der Waals surface area contributed by atoms with Gasteiger partial charge >= 0.3 is 11.9 Å². The van der Waals surface area contributed by atoms with E-state index in [0.29, 0.717) is 13.0 Å². The zero-order valence-corrected chi connectivity index (χ0v) is 14.3. The lowest BCUT2D eigenvalue weighted by Crippen LogP contribution is -2.49. The average molecular weight is 355 g/mol. The van der Waals surface area contributed by atoms with E-state index in [-0.39, 0.29) is 13.8 Å².